The van der Waals surface area contributed by atoms with Crippen LogP contribution < -0.4 is 15.0 Å². The molecule has 0 bridgehead atoms. The van der Waals surface area contributed by atoms with Gasteiger partial charge in [0.1, 0.15) is 17.9 Å². The number of nitrogens with one attached hydrogen (secondary N) is 2. The van der Waals surface area contributed by atoms with Crippen molar-refractivity contribution >= 4 is 28.5 Å². The molecule has 0 radical (unpaired) electrons. The van der Waals surface area contributed by atoms with Gasteiger partial charge in [0.15, 0.2) is 5.60 Å². The Hall–Kier alpha value is -3.60. The first-order chi connectivity index (χ1) is 21.7. The molecule has 9 atom stereocenters. The Balaban J connectivity index is 1.26. The van der Waals surface area contributed by atoms with Gasteiger partial charge in [-0.15, -0.1) is 0 Å². The van der Waals surface area contributed by atoms with E-state index in [-0.39, 0.29) is 18.4 Å². The fraction of sp³-hybridized carbons (Fsp3) is 0.543. The zero-order valence-corrected chi connectivity index (χ0v) is 26.2. The molecule has 3 aromatic rings. The van der Waals surface area contributed by atoms with Crippen molar-refractivity contribution in [3.8, 4) is 5.75 Å². The van der Waals surface area contributed by atoms with Gasteiger partial charge in [0, 0.05) is 65.7 Å². The Kier molecular flexibility index (Phi) is 6.22. The first kappa shape index (κ1) is 28.8. The fourth-order valence-electron chi connectivity index (χ4n) is 10.7. The van der Waals surface area contributed by atoms with Gasteiger partial charge in [-0.1, -0.05) is 31.2 Å². The van der Waals surface area contributed by atoms with Crippen molar-refractivity contribution < 1.29 is 29.3 Å². The third-order valence-electron chi connectivity index (χ3n) is 12.4. The number of methoxy groups -OCH3 is 2. The Labute approximate surface area is 262 Å². The number of nitrogens with zero attached hydrogens (tertiary/aromatic N) is 2. The molecule has 2 saturated heterocycles. The van der Waals surface area contributed by atoms with Crippen molar-refractivity contribution in [2.24, 2.45) is 17.3 Å². The first-order valence-corrected chi connectivity index (χ1v) is 16.2. The number of benzene rings is 2. The molecule has 4 heterocycles. The number of carbonyl (C=O) groups is 2. The number of likely N-dealkylation sites (N-methyl/N-ethyl adjacent to an activating group) is 1. The van der Waals surface area contributed by atoms with Crippen LogP contribution in [0.15, 0.2) is 48.7 Å². The van der Waals surface area contributed by atoms with Gasteiger partial charge in [-0.05, 0) is 60.9 Å². The minimum atomic E-state index is -2.22. The first-order valence-electron chi connectivity index (χ1n) is 16.2. The number of hydrogen-bond acceptors (Lipinski definition) is 8. The van der Waals surface area contributed by atoms with E-state index in [2.05, 4.69) is 28.2 Å². The number of aliphatic hydroxyl groups excluding tert-OH is 1. The number of hydrogen-bond donors (Lipinski definition) is 4. The standard InChI is InChI=1S/C35H42N4O6/c1-5-33-24-14-20(24)18-39-13-12-34(29(33)39)23-11-10-21(44-3)16-27(23)38(2)30(34)35(43,31(33)41)32(42)37-26(28(40)45-4)15-19-17-36-25-9-7-6-8-22(19)25/h6-11,16-17,20,24,26,29-31,36,41,43H,5,12-15,18H2,1-4H3,(H,37,42)/t20-,24-,26+,29+,30-,31-,33-,34-,35+/m1/s1. The fourth-order valence-corrected chi connectivity index (χ4v) is 10.7. The highest BCUT2D eigenvalue weighted by molar-refractivity contribution is 5.94. The second kappa shape index (κ2) is 9.70. The summed E-state index contributed by atoms with van der Waals surface area (Å²) < 4.78 is 10.8. The van der Waals surface area contributed by atoms with Crippen LogP contribution >= 0.6 is 0 Å². The second-order valence-corrected chi connectivity index (χ2v) is 14.0. The highest BCUT2D eigenvalue weighted by atomic mass is 16.5. The van der Waals surface area contributed by atoms with Crippen LogP contribution in [-0.4, -0.2) is 96.2 Å². The molecule has 8 rings (SSSR count). The monoisotopic (exact) mass is 614 g/mol. The van der Waals surface area contributed by atoms with Gasteiger partial charge in [-0.3, -0.25) is 9.69 Å². The Morgan fingerprint density at radius 3 is 2.73 bits per heavy atom. The number of carbonyl (C=O) groups excluding carboxylic acids is 2. The number of piperidine rings is 1. The van der Waals surface area contributed by atoms with Gasteiger partial charge in [0.05, 0.1) is 20.3 Å². The predicted molar refractivity (Wildman–Crippen MR) is 168 cm³/mol. The molecule has 2 aromatic carbocycles. The minimum Gasteiger partial charge on any atom is -0.497 e. The molecule has 238 valence electrons. The summed E-state index contributed by atoms with van der Waals surface area (Å²) in [4.78, 5) is 35.8. The minimum absolute atomic E-state index is 0.0356. The molecule has 2 aliphatic carbocycles. The van der Waals surface area contributed by atoms with Crippen molar-refractivity contribution in [1.29, 1.82) is 0 Å². The number of aromatic amines is 1. The molecule has 10 nitrogen and oxygen atoms in total. The summed E-state index contributed by atoms with van der Waals surface area (Å²) in [5.41, 5.74) is 0.223. The van der Waals surface area contributed by atoms with E-state index < -0.39 is 46.5 Å². The smallest absolute Gasteiger partial charge is 0.328 e. The normalized spacial score (nSPS) is 36.5. The van der Waals surface area contributed by atoms with E-state index >= 15 is 0 Å². The molecular formula is C35H42N4O6. The van der Waals surface area contributed by atoms with Crippen LogP contribution in [0.25, 0.3) is 10.9 Å². The predicted octanol–water partition coefficient (Wildman–Crippen LogP) is 2.36. The Bertz CT molecular complexity index is 1710. The number of ether oxygens (including phenoxy) is 2. The quantitative estimate of drug-likeness (QED) is 0.299. The molecular weight excluding hydrogens is 572 g/mol. The van der Waals surface area contributed by atoms with Crippen molar-refractivity contribution in [2.45, 2.75) is 67.9 Å². The van der Waals surface area contributed by atoms with Gasteiger partial charge < -0.3 is 34.9 Å². The number of amides is 1. The van der Waals surface area contributed by atoms with Crippen LogP contribution in [0.5, 0.6) is 5.75 Å². The summed E-state index contributed by atoms with van der Waals surface area (Å²) in [5.74, 6) is -0.0109. The molecule has 1 aromatic heterocycles. The third kappa shape index (κ3) is 3.50. The lowest BCUT2D eigenvalue weighted by molar-refractivity contribution is -0.226. The number of para-hydroxylation sites is 1. The zero-order valence-electron chi connectivity index (χ0n) is 26.2. The van der Waals surface area contributed by atoms with E-state index in [4.69, 9.17) is 9.47 Å². The molecule has 1 amide bonds. The number of H-pyrrole nitrogens is 1. The van der Waals surface area contributed by atoms with Crippen molar-refractivity contribution in [2.75, 3.05) is 39.3 Å². The summed E-state index contributed by atoms with van der Waals surface area (Å²) in [6, 6.07) is 11.9. The van der Waals surface area contributed by atoms with E-state index in [9.17, 15) is 19.8 Å². The Morgan fingerprint density at radius 2 is 1.98 bits per heavy atom. The summed E-state index contributed by atoms with van der Waals surface area (Å²) in [5, 5.41) is 29.6. The summed E-state index contributed by atoms with van der Waals surface area (Å²) in [6.07, 6.45) is 3.01. The topological polar surface area (TPSA) is 127 Å². The maximum atomic E-state index is 14.8. The summed E-state index contributed by atoms with van der Waals surface area (Å²) >= 11 is 0. The van der Waals surface area contributed by atoms with Gasteiger partial charge in [-0.2, -0.15) is 0 Å². The van der Waals surface area contributed by atoms with E-state index in [1.54, 1.807) is 7.11 Å². The third-order valence-corrected chi connectivity index (χ3v) is 12.4. The van der Waals surface area contributed by atoms with Crippen LogP contribution in [0, 0.1) is 17.3 Å². The average Bonchev–Trinajstić information content (AvgIpc) is 3.49. The number of fused-ring (bicyclic) bond motifs is 4. The molecule has 1 spiro atoms. The van der Waals surface area contributed by atoms with Crippen molar-refractivity contribution in [3.63, 3.8) is 0 Å². The lowest BCUT2D eigenvalue weighted by atomic mass is 9.46. The van der Waals surface area contributed by atoms with Crippen LogP contribution in [0.4, 0.5) is 5.69 Å². The van der Waals surface area contributed by atoms with E-state index in [0.717, 1.165) is 53.6 Å². The Morgan fingerprint density at radius 1 is 1.18 bits per heavy atom. The lowest BCUT2D eigenvalue weighted by Crippen LogP contribution is -2.83. The van der Waals surface area contributed by atoms with E-state index in [1.807, 2.05) is 54.5 Å². The largest absolute Gasteiger partial charge is 0.497 e. The number of anilines is 1. The molecule has 10 heteroatoms. The van der Waals surface area contributed by atoms with Crippen LogP contribution in [0.3, 0.4) is 0 Å². The zero-order chi connectivity index (χ0) is 31.5. The number of rotatable bonds is 7. The second-order valence-electron chi connectivity index (χ2n) is 14.0. The lowest BCUT2D eigenvalue weighted by Gasteiger charge is -2.65. The molecule has 5 aliphatic rings. The number of aliphatic hydroxyl groups is 2. The maximum Gasteiger partial charge on any atom is 0.328 e. The van der Waals surface area contributed by atoms with Gasteiger partial charge >= 0.3 is 5.97 Å². The van der Waals surface area contributed by atoms with E-state index in [1.165, 1.54) is 7.11 Å². The van der Waals surface area contributed by atoms with Gasteiger partial charge in [0.25, 0.3) is 5.91 Å². The molecule has 0 unspecified atom stereocenters. The maximum absolute atomic E-state index is 14.8. The highest BCUT2D eigenvalue weighted by Gasteiger charge is 2.82. The molecule has 4 fully saturated rings. The van der Waals surface area contributed by atoms with Gasteiger partial charge in [0.2, 0.25) is 0 Å². The highest BCUT2D eigenvalue weighted by Crippen LogP contribution is 2.73. The average molecular weight is 615 g/mol. The van der Waals surface area contributed by atoms with Crippen molar-refractivity contribution in [3.05, 3.63) is 59.8 Å². The van der Waals surface area contributed by atoms with Crippen molar-refractivity contribution in [1.82, 2.24) is 15.2 Å². The molecule has 3 aliphatic heterocycles. The molecule has 2 saturated carbocycles. The molecule has 4 N–H and O–H groups in total. The van der Waals surface area contributed by atoms with E-state index in [0.29, 0.717) is 18.1 Å². The number of esters is 1. The SMILES string of the molecule is CC[C@]12[C@@H]3C[C@@H]3CN3CC[C@@]4(c5ccc(OC)cc5N(C)[C@H]4[C@@](O)(C(=O)N[C@@H](Cc4c[nH]c5ccccc45)C(=O)OC)[C@@H]1O)[C@@H]32. The van der Waals surface area contributed by atoms with Crippen LogP contribution in [0.2, 0.25) is 0 Å². The van der Waals surface area contributed by atoms with Gasteiger partial charge in [-0.25, -0.2) is 4.79 Å². The van der Waals surface area contributed by atoms with Crippen LogP contribution in [-0.2, 0) is 26.2 Å². The summed E-state index contributed by atoms with van der Waals surface area (Å²) in [6.45, 7) is 3.91. The van der Waals surface area contributed by atoms with Crippen LogP contribution in [0.1, 0.15) is 37.3 Å². The number of aromatic nitrogens is 1. The summed E-state index contributed by atoms with van der Waals surface area (Å²) in [7, 11) is 4.82. The molecule has 45 heavy (non-hydrogen) atoms.